The molecule has 2 nitrogen and oxygen atoms in total. The molecule has 2 heteroatoms. The SMILES string of the molecule is C/C=C1\CCn2ccnc2C1. The van der Waals surface area contributed by atoms with E-state index < -0.39 is 0 Å². The minimum absolute atomic E-state index is 1.05. The van der Waals surface area contributed by atoms with Gasteiger partial charge in [0.2, 0.25) is 0 Å². The Balaban J connectivity index is 2.31. The van der Waals surface area contributed by atoms with Crippen LogP contribution in [0.25, 0.3) is 0 Å². The van der Waals surface area contributed by atoms with Crippen molar-refractivity contribution in [3.05, 3.63) is 29.9 Å². The highest BCUT2D eigenvalue weighted by Crippen LogP contribution is 2.17. The monoisotopic (exact) mass is 148 g/mol. The van der Waals surface area contributed by atoms with Crippen LogP contribution in [-0.4, -0.2) is 9.55 Å². The van der Waals surface area contributed by atoms with E-state index in [4.69, 9.17) is 0 Å². The van der Waals surface area contributed by atoms with E-state index in [1.54, 1.807) is 0 Å². The van der Waals surface area contributed by atoms with E-state index in [1.807, 2.05) is 6.20 Å². The van der Waals surface area contributed by atoms with Crippen LogP contribution in [0.2, 0.25) is 0 Å². The Hall–Kier alpha value is -1.05. The van der Waals surface area contributed by atoms with Crippen molar-refractivity contribution in [2.45, 2.75) is 26.3 Å². The van der Waals surface area contributed by atoms with E-state index in [1.165, 1.54) is 17.8 Å². The molecule has 0 radical (unpaired) electrons. The fourth-order valence-corrected chi connectivity index (χ4v) is 1.51. The third-order valence-electron chi connectivity index (χ3n) is 2.27. The number of hydrogen-bond donors (Lipinski definition) is 0. The molecular weight excluding hydrogens is 136 g/mol. The lowest BCUT2D eigenvalue weighted by atomic mass is 10.1. The van der Waals surface area contributed by atoms with Crippen LogP contribution in [-0.2, 0) is 13.0 Å². The minimum Gasteiger partial charge on any atom is -0.334 e. The maximum Gasteiger partial charge on any atom is 0.112 e. The highest BCUT2D eigenvalue weighted by Gasteiger charge is 2.11. The molecule has 2 heterocycles. The first-order valence-corrected chi connectivity index (χ1v) is 4.04. The number of imidazole rings is 1. The lowest BCUT2D eigenvalue weighted by molar-refractivity contribution is 0.602. The molecule has 1 aromatic rings. The first kappa shape index (κ1) is 6.65. The number of rotatable bonds is 0. The molecule has 0 unspecified atom stereocenters. The Labute approximate surface area is 66.6 Å². The summed E-state index contributed by atoms with van der Waals surface area (Å²) >= 11 is 0. The molecule has 0 saturated carbocycles. The van der Waals surface area contributed by atoms with Gasteiger partial charge in [-0.05, 0) is 13.3 Å². The van der Waals surface area contributed by atoms with Crippen LogP contribution < -0.4 is 0 Å². The zero-order valence-corrected chi connectivity index (χ0v) is 6.75. The number of aryl methyl sites for hydroxylation is 1. The summed E-state index contributed by atoms with van der Waals surface area (Å²) < 4.78 is 2.23. The predicted octanol–water partition coefficient (Wildman–Crippen LogP) is 1.78. The van der Waals surface area contributed by atoms with Crippen LogP contribution in [0.15, 0.2) is 24.0 Å². The molecular formula is C9H12N2. The van der Waals surface area contributed by atoms with Gasteiger partial charge in [0.1, 0.15) is 5.82 Å². The van der Waals surface area contributed by atoms with E-state index in [2.05, 4.69) is 28.7 Å². The summed E-state index contributed by atoms with van der Waals surface area (Å²) in [6.45, 7) is 3.21. The van der Waals surface area contributed by atoms with Crippen molar-refractivity contribution in [3.8, 4) is 0 Å². The third-order valence-corrected chi connectivity index (χ3v) is 2.27. The smallest absolute Gasteiger partial charge is 0.112 e. The second-order valence-corrected chi connectivity index (χ2v) is 2.91. The van der Waals surface area contributed by atoms with Crippen molar-refractivity contribution < 1.29 is 0 Å². The van der Waals surface area contributed by atoms with Gasteiger partial charge in [-0.2, -0.15) is 0 Å². The molecule has 0 aliphatic carbocycles. The van der Waals surface area contributed by atoms with Gasteiger partial charge in [-0.15, -0.1) is 0 Å². The molecule has 58 valence electrons. The molecule has 1 aliphatic heterocycles. The number of allylic oxidation sites excluding steroid dienone is 2. The third kappa shape index (κ3) is 1.09. The molecule has 0 amide bonds. The summed E-state index contributed by atoms with van der Waals surface area (Å²) in [6.07, 6.45) is 8.39. The standard InChI is InChI=1S/C9H12N2/c1-2-8-3-5-11-6-4-10-9(11)7-8/h2,4,6H,3,5,7H2,1H3/b8-2+. The predicted molar refractivity (Wildman–Crippen MR) is 44.3 cm³/mol. The van der Waals surface area contributed by atoms with Gasteiger partial charge in [-0.3, -0.25) is 0 Å². The summed E-state index contributed by atoms with van der Waals surface area (Å²) in [5.74, 6) is 1.21. The average molecular weight is 148 g/mol. The van der Waals surface area contributed by atoms with Gasteiger partial charge in [-0.25, -0.2) is 4.98 Å². The first-order valence-electron chi connectivity index (χ1n) is 4.04. The number of nitrogens with zero attached hydrogens (tertiary/aromatic N) is 2. The van der Waals surface area contributed by atoms with Crippen molar-refractivity contribution in [3.63, 3.8) is 0 Å². The van der Waals surface area contributed by atoms with Crippen molar-refractivity contribution in [2.24, 2.45) is 0 Å². The summed E-state index contributed by atoms with van der Waals surface area (Å²) in [6, 6.07) is 0. The van der Waals surface area contributed by atoms with E-state index in [0.717, 1.165) is 13.0 Å². The van der Waals surface area contributed by atoms with E-state index >= 15 is 0 Å². The molecule has 0 N–H and O–H groups in total. The highest BCUT2D eigenvalue weighted by molar-refractivity contribution is 5.13. The number of fused-ring (bicyclic) bond motifs is 1. The molecule has 0 bridgehead atoms. The molecule has 0 atom stereocenters. The molecule has 2 rings (SSSR count). The number of aromatic nitrogens is 2. The second-order valence-electron chi connectivity index (χ2n) is 2.91. The molecule has 0 fully saturated rings. The Kier molecular flexibility index (Phi) is 1.53. The Morgan fingerprint density at radius 1 is 1.64 bits per heavy atom. The normalized spacial score (nSPS) is 20.3. The largest absolute Gasteiger partial charge is 0.334 e. The Bertz CT molecular complexity index is 284. The zero-order chi connectivity index (χ0) is 7.68. The Morgan fingerprint density at radius 3 is 3.36 bits per heavy atom. The van der Waals surface area contributed by atoms with Gasteiger partial charge in [0.15, 0.2) is 0 Å². The van der Waals surface area contributed by atoms with Crippen LogP contribution >= 0.6 is 0 Å². The van der Waals surface area contributed by atoms with E-state index in [-0.39, 0.29) is 0 Å². The lowest BCUT2D eigenvalue weighted by Gasteiger charge is -2.16. The van der Waals surface area contributed by atoms with Crippen molar-refractivity contribution in [1.29, 1.82) is 0 Å². The van der Waals surface area contributed by atoms with Crippen molar-refractivity contribution in [1.82, 2.24) is 9.55 Å². The molecule has 11 heavy (non-hydrogen) atoms. The lowest BCUT2D eigenvalue weighted by Crippen LogP contribution is -2.11. The highest BCUT2D eigenvalue weighted by atomic mass is 15.1. The number of hydrogen-bond acceptors (Lipinski definition) is 1. The first-order chi connectivity index (χ1) is 5.40. The summed E-state index contributed by atoms with van der Waals surface area (Å²) in [4.78, 5) is 4.28. The fraction of sp³-hybridized carbons (Fsp3) is 0.444. The van der Waals surface area contributed by atoms with Crippen LogP contribution in [0.1, 0.15) is 19.2 Å². The van der Waals surface area contributed by atoms with Gasteiger partial charge < -0.3 is 4.57 Å². The maximum absolute atomic E-state index is 4.28. The molecule has 1 aliphatic rings. The average Bonchev–Trinajstić information content (AvgIpc) is 2.50. The molecule has 0 spiro atoms. The topological polar surface area (TPSA) is 17.8 Å². The molecule has 1 aromatic heterocycles. The quantitative estimate of drug-likeness (QED) is 0.513. The van der Waals surface area contributed by atoms with E-state index in [0.29, 0.717) is 0 Å². The van der Waals surface area contributed by atoms with Crippen LogP contribution in [0.4, 0.5) is 0 Å². The van der Waals surface area contributed by atoms with Gasteiger partial charge in [0.05, 0.1) is 0 Å². The van der Waals surface area contributed by atoms with Crippen LogP contribution in [0, 0.1) is 0 Å². The fourth-order valence-electron chi connectivity index (χ4n) is 1.51. The summed E-state index contributed by atoms with van der Waals surface area (Å²) in [5, 5.41) is 0. The van der Waals surface area contributed by atoms with Crippen molar-refractivity contribution >= 4 is 0 Å². The van der Waals surface area contributed by atoms with Gasteiger partial charge in [0.25, 0.3) is 0 Å². The Morgan fingerprint density at radius 2 is 2.55 bits per heavy atom. The van der Waals surface area contributed by atoms with E-state index in [9.17, 15) is 0 Å². The molecule has 0 aromatic carbocycles. The van der Waals surface area contributed by atoms with Crippen molar-refractivity contribution in [2.75, 3.05) is 0 Å². The summed E-state index contributed by atoms with van der Waals surface area (Å²) in [5.41, 5.74) is 1.52. The summed E-state index contributed by atoms with van der Waals surface area (Å²) in [7, 11) is 0. The maximum atomic E-state index is 4.28. The van der Waals surface area contributed by atoms with Crippen LogP contribution in [0.3, 0.4) is 0 Å². The van der Waals surface area contributed by atoms with Crippen LogP contribution in [0.5, 0.6) is 0 Å². The minimum atomic E-state index is 1.05. The van der Waals surface area contributed by atoms with Gasteiger partial charge in [-0.1, -0.05) is 11.6 Å². The van der Waals surface area contributed by atoms with Gasteiger partial charge >= 0.3 is 0 Å². The second kappa shape index (κ2) is 2.53. The zero-order valence-electron chi connectivity index (χ0n) is 6.75. The van der Waals surface area contributed by atoms with Gasteiger partial charge in [0, 0.05) is 25.4 Å². The molecule has 0 saturated heterocycles.